The molecule has 4 rings (SSSR count). The first-order chi connectivity index (χ1) is 13.9. The zero-order valence-electron chi connectivity index (χ0n) is 16.2. The molecule has 2 aromatic rings. The van der Waals surface area contributed by atoms with Crippen molar-refractivity contribution in [2.24, 2.45) is 0 Å². The zero-order valence-corrected chi connectivity index (χ0v) is 16.2. The van der Waals surface area contributed by atoms with E-state index < -0.39 is 29.4 Å². The first-order valence-electron chi connectivity index (χ1n) is 8.99. The summed E-state index contributed by atoms with van der Waals surface area (Å²) in [6.45, 7) is 0. The molecule has 2 aliphatic heterocycles. The maximum atomic E-state index is 13.0. The van der Waals surface area contributed by atoms with Crippen LogP contribution in [0.25, 0.3) is 0 Å². The van der Waals surface area contributed by atoms with Crippen LogP contribution in [0.3, 0.4) is 0 Å². The number of ether oxygens (including phenoxy) is 3. The van der Waals surface area contributed by atoms with Crippen LogP contribution in [0, 0.1) is 0 Å². The second-order valence-electron chi connectivity index (χ2n) is 6.89. The van der Waals surface area contributed by atoms with Crippen LogP contribution in [0.4, 0.5) is 0 Å². The van der Waals surface area contributed by atoms with E-state index in [2.05, 4.69) is 5.32 Å². The van der Waals surface area contributed by atoms with Gasteiger partial charge in [0.1, 0.15) is 0 Å². The van der Waals surface area contributed by atoms with Gasteiger partial charge in [0.25, 0.3) is 11.5 Å². The van der Waals surface area contributed by atoms with E-state index in [-0.39, 0.29) is 5.91 Å². The third-order valence-corrected chi connectivity index (χ3v) is 5.49. The number of fused-ring (bicyclic) bond motifs is 2. The maximum Gasteiger partial charge on any atom is 0.352 e. The van der Waals surface area contributed by atoms with E-state index in [4.69, 9.17) is 14.2 Å². The quantitative estimate of drug-likeness (QED) is 0.618. The van der Waals surface area contributed by atoms with E-state index >= 15 is 0 Å². The molecule has 2 aromatic carbocycles. The van der Waals surface area contributed by atoms with Gasteiger partial charge in [0.15, 0.2) is 0 Å². The SMILES string of the molecule is COC(=O)C1(C(=O)OC)OC2(NC(=O)c3ccccc32)N(C)[C@@H]1c1ccccc1. The van der Waals surface area contributed by atoms with Gasteiger partial charge in [0, 0.05) is 11.1 Å². The molecule has 150 valence electrons. The average Bonchev–Trinajstić information content (AvgIpc) is 3.20. The molecule has 1 saturated heterocycles. The standard InChI is InChI=1S/C21H20N2O6/c1-23-16(13-9-5-4-6-10-13)20(18(25)27-2,19(26)28-3)29-21(23)15-12-8-7-11-14(15)17(24)22-21/h4-12,16H,1-3H3,(H,22,24)/t16-,21?/m1/s1. The average molecular weight is 396 g/mol. The van der Waals surface area contributed by atoms with Crippen LogP contribution in [0.1, 0.15) is 27.5 Å². The third kappa shape index (κ3) is 2.43. The summed E-state index contributed by atoms with van der Waals surface area (Å²) in [5, 5.41) is 2.81. The summed E-state index contributed by atoms with van der Waals surface area (Å²) in [4.78, 5) is 40.3. The molecule has 2 atom stereocenters. The van der Waals surface area contributed by atoms with Crippen LogP contribution in [0.2, 0.25) is 0 Å². The van der Waals surface area contributed by atoms with Crippen LogP contribution in [0.5, 0.6) is 0 Å². The minimum absolute atomic E-state index is 0.371. The van der Waals surface area contributed by atoms with Crippen LogP contribution in [-0.2, 0) is 29.6 Å². The van der Waals surface area contributed by atoms with E-state index in [1.807, 2.05) is 6.07 Å². The normalized spacial score (nSPS) is 24.8. The monoisotopic (exact) mass is 396 g/mol. The summed E-state index contributed by atoms with van der Waals surface area (Å²) in [6.07, 6.45) is 0. The van der Waals surface area contributed by atoms with Crippen molar-refractivity contribution in [3.05, 3.63) is 71.3 Å². The Hall–Kier alpha value is -3.23. The summed E-state index contributed by atoms with van der Waals surface area (Å²) in [5.41, 5.74) is -0.620. The molecule has 8 heteroatoms. The zero-order chi connectivity index (χ0) is 20.8. The summed E-state index contributed by atoms with van der Waals surface area (Å²) in [5.74, 6) is -3.75. The van der Waals surface area contributed by atoms with E-state index in [9.17, 15) is 14.4 Å². The number of hydrogen-bond acceptors (Lipinski definition) is 7. The Kier molecular flexibility index (Phi) is 4.40. The summed E-state index contributed by atoms with van der Waals surface area (Å²) in [6, 6.07) is 14.9. The molecule has 1 unspecified atom stereocenters. The molecule has 1 amide bonds. The van der Waals surface area contributed by atoms with Crippen molar-refractivity contribution in [2.45, 2.75) is 17.5 Å². The second kappa shape index (κ2) is 6.68. The molecule has 0 bridgehead atoms. The molecule has 0 radical (unpaired) electrons. The van der Waals surface area contributed by atoms with E-state index in [1.165, 1.54) is 14.2 Å². The number of esters is 2. The maximum absolute atomic E-state index is 13.0. The number of benzene rings is 2. The Bertz CT molecular complexity index is 976. The molecule has 8 nitrogen and oxygen atoms in total. The van der Waals surface area contributed by atoms with Crippen LogP contribution < -0.4 is 5.32 Å². The number of methoxy groups -OCH3 is 2. The minimum atomic E-state index is -2.15. The molecule has 2 aliphatic rings. The molecule has 1 spiro atoms. The van der Waals surface area contributed by atoms with Gasteiger partial charge in [-0.2, -0.15) is 0 Å². The van der Waals surface area contributed by atoms with Gasteiger partial charge in [0.2, 0.25) is 5.85 Å². The van der Waals surface area contributed by atoms with Crippen molar-refractivity contribution in [1.29, 1.82) is 0 Å². The number of rotatable bonds is 3. The molecular weight excluding hydrogens is 376 g/mol. The lowest BCUT2D eigenvalue weighted by molar-refractivity contribution is -0.203. The van der Waals surface area contributed by atoms with E-state index in [1.54, 1.807) is 60.5 Å². The summed E-state index contributed by atoms with van der Waals surface area (Å²) in [7, 11) is 4.02. The lowest BCUT2D eigenvalue weighted by atomic mass is 9.88. The van der Waals surface area contributed by atoms with E-state index in [0.29, 0.717) is 16.7 Å². The fraction of sp³-hybridized carbons (Fsp3) is 0.286. The molecular formula is C21H20N2O6. The Morgan fingerprint density at radius 3 is 2.21 bits per heavy atom. The van der Waals surface area contributed by atoms with Crippen molar-refractivity contribution in [3.8, 4) is 0 Å². The van der Waals surface area contributed by atoms with Gasteiger partial charge in [-0.25, -0.2) is 14.5 Å². The molecule has 0 aliphatic carbocycles. The highest BCUT2D eigenvalue weighted by Crippen LogP contribution is 2.53. The summed E-state index contributed by atoms with van der Waals surface area (Å²) < 4.78 is 16.2. The van der Waals surface area contributed by atoms with E-state index in [0.717, 1.165) is 0 Å². The fourth-order valence-electron chi connectivity index (χ4n) is 4.23. The Morgan fingerprint density at radius 1 is 1.00 bits per heavy atom. The first-order valence-corrected chi connectivity index (χ1v) is 8.99. The predicted octanol–water partition coefficient (Wildman–Crippen LogP) is 1.33. The summed E-state index contributed by atoms with van der Waals surface area (Å²) >= 11 is 0. The Balaban J connectivity index is 1.99. The lowest BCUT2D eigenvalue weighted by Crippen LogP contribution is -2.54. The first kappa shape index (κ1) is 19.1. The lowest BCUT2D eigenvalue weighted by Gasteiger charge is -2.33. The number of nitrogens with one attached hydrogen (secondary N) is 1. The van der Waals surface area contributed by atoms with Gasteiger partial charge in [-0.15, -0.1) is 0 Å². The van der Waals surface area contributed by atoms with Crippen LogP contribution in [0.15, 0.2) is 54.6 Å². The molecule has 29 heavy (non-hydrogen) atoms. The van der Waals surface area contributed by atoms with Gasteiger partial charge in [-0.3, -0.25) is 4.79 Å². The van der Waals surface area contributed by atoms with Crippen molar-refractivity contribution in [3.63, 3.8) is 0 Å². The topological polar surface area (TPSA) is 94.2 Å². The smallest absolute Gasteiger partial charge is 0.352 e. The highest BCUT2D eigenvalue weighted by Gasteiger charge is 2.72. The number of likely N-dealkylation sites (N-methyl/N-ethyl adjacent to an activating group) is 1. The number of hydrogen-bond donors (Lipinski definition) is 1. The van der Waals surface area contributed by atoms with Gasteiger partial charge in [-0.05, 0) is 18.7 Å². The van der Waals surface area contributed by atoms with Gasteiger partial charge < -0.3 is 19.5 Å². The number of carbonyl (C=O) groups is 3. The Labute approximate surface area is 167 Å². The second-order valence-corrected chi connectivity index (χ2v) is 6.89. The highest BCUT2D eigenvalue weighted by atomic mass is 16.6. The van der Waals surface area contributed by atoms with Crippen LogP contribution >= 0.6 is 0 Å². The van der Waals surface area contributed by atoms with Crippen LogP contribution in [-0.4, -0.2) is 49.6 Å². The number of carbonyl (C=O) groups excluding carboxylic acids is 3. The molecule has 2 heterocycles. The Morgan fingerprint density at radius 2 is 1.59 bits per heavy atom. The number of nitrogens with zero attached hydrogens (tertiary/aromatic N) is 1. The molecule has 0 aromatic heterocycles. The number of amides is 1. The van der Waals surface area contributed by atoms with Crippen molar-refractivity contribution < 1.29 is 28.6 Å². The predicted molar refractivity (Wildman–Crippen MR) is 100 cm³/mol. The highest BCUT2D eigenvalue weighted by molar-refractivity contribution is 6.06. The molecule has 1 fully saturated rings. The largest absolute Gasteiger partial charge is 0.466 e. The molecule has 1 N–H and O–H groups in total. The van der Waals surface area contributed by atoms with Gasteiger partial charge in [-0.1, -0.05) is 48.5 Å². The molecule has 0 saturated carbocycles. The fourth-order valence-corrected chi connectivity index (χ4v) is 4.23. The minimum Gasteiger partial charge on any atom is -0.466 e. The van der Waals surface area contributed by atoms with Crippen molar-refractivity contribution >= 4 is 17.8 Å². The third-order valence-electron chi connectivity index (χ3n) is 5.49. The van der Waals surface area contributed by atoms with Crippen molar-refractivity contribution in [1.82, 2.24) is 10.2 Å². The van der Waals surface area contributed by atoms with Gasteiger partial charge in [0.05, 0.1) is 20.3 Å². The van der Waals surface area contributed by atoms with Gasteiger partial charge >= 0.3 is 11.9 Å². The van der Waals surface area contributed by atoms with Crippen molar-refractivity contribution in [2.75, 3.05) is 21.3 Å².